The molecule has 4 aliphatic rings. The van der Waals surface area contributed by atoms with E-state index in [9.17, 15) is 27.6 Å². The smallest absolute Gasteiger partial charge is 0.310 e. The van der Waals surface area contributed by atoms with Gasteiger partial charge in [-0.1, -0.05) is 63.9 Å². The number of amides is 3. The van der Waals surface area contributed by atoms with Crippen molar-refractivity contribution in [3.05, 3.63) is 77.6 Å². The lowest BCUT2D eigenvalue weighted by molar-refractivity contribution is -0.155. The van der Waals surface area contributed by atoms with Crippen LogP contribution in [0.15, 0.2) is 60.8 Å². The van der Waals surface area contributed by atoms with Crippen molar-refractivity contribution in [1.29, 1.82) is 0 Å². The lowest BCUT2D eigenvalue weighted by atomic mass is 9.84. The molecule has 6 bridgehead atoms. The number of methoxy groups -OCH3 is 1. The van der Waals surface area contributed by atoms with E-state index in [2.05, 4.69) is 78.2 Å². The van der Waals surface area contributed by atoms with Crippen molar-refractivity contribution in [2.24, 2.45) is 23.2 Å². The first kappa shape index (κ1) is 53.6. The fourth-order valence-electron chi connectivity index (χ4n) is 11.1. The molecule has 8 rings (SSSR count). The molecule has 2 aromatic heterocycles. The molecule has 0 saturated carbocycles. The number of benzene rings is 2. The zero-order valence-corrected chi connectivity index (χ0v) is 44.6. The third-order valence-corrected chi connectivity index (χ3v) is 16.5. The largest absolute Gasteiger partial charge is 0.465 e. The maximum Gasteiger partial charge on any atom is 0.310 e. The number of carbonyl (C=O) groups is 4. The summed E-state index contributed by atoms with van der Waals surface area (Å²) in [6, 6.07) is 16.6. The third-order valence-electron chi connectivity index (χ3n) is 15.1. The van der Waals surface area contributed by atoms with E-state index in [-0.39, 0.29) is 68.9 Å². The number of cyclic esters (lactones) is 1. The molecule has 0 aliphatic carbocycles. The van der Waals surface area contributed by atoms with Gasteiger partial charge in [-0.15, -0.1) is 0 Å². The average Bonchev–Trinajstić information content (AvgIpc) is 4.01. The normalized spacial score (nSPS) is 22.0. The van der Waals surface area contributed by atoms with Crippen molar-refractivity contribution in [3.8, 4) is 33.6 Å². The third kappa shape index (κ3) is 12.0. The molecule has 3 amide bonds. The number of ether oxygens (including phenoxy) is 3. The molecule has 0 spiro atoms. The van der Waals surface area contributed by atoms with Crippen LogP contribution in [-0.2, 0) is 62.8 Å². The number of nitrogens with one attached hydrogen (secondary N) is 1. The van der Waals surface area contributed by atoms with Crippen molar-refractivity contribution < 1.29 is 41.8 Å². The Bertz CT molecular complexity index is 2860. The number of hydrogen-bond donors (Lipinski definition) is 1. The Balaban J connectivity index is 1.10. The highest BCUT2D eigenvalue weighted by Crippen LogP contribution is 2.42. The number of piperidine rings is 1. The first-order valence-corrected chi connectivity index (χ1v) is 27.4. The zero-order valence-electron chi connectivity index (χ0n) is 43.8. The zero-order chi connectivity index (χ0) is 52.2. The van der Waals surface area contributed by atoms with E-state index in [4.69, 9.17) is 19.2 Å². The Morgan fingerprint density at radius 1 is 0.986 bits per heavy atom. The van der Waals surface area contributed by atoms with Crippen LogP contribution >= 0.6 is 0 Å². The summed E-state index contributed by atoms with van der Waals surface area (Å²) in [6.45, 7) is 16.4. The Labute approximate surface area is 431 Å². The predicted molar refractivity (Wildman–Crippen MR) is 280 cm³/mol. The van der Waals surface area contributed by atoms with Gasteiger partial charge in [-0.25, -0.2) is 0 Å². The highest BCUT2D eigenvalue weighted by molar-refractivity contribution is 7.93. The molecule has 73 heavy (non-hydrogen) atoms. The van der Waals surface area contributed by atoms with Crippen molar-refractivity contribution in [1.82, 2.24) is 33.9 Å². The molecule has 3 saturated heterocycles. The van der Waals surface area contributed by atoms with Crippen LogP contribution in [0.3, 0.4) is 0 Å². The fraction of sp³-hybridized carbons (Fsp3) is 0.554. The summed E-state index contributed by atoms with van der Waals surface area (Å²) in [4.78, 5) is 67.8. The van der Waals surface area contributed by atoms with Gasteiger partial charge in [0.2, 0.25) is 17.7 Å². The number of aryl methyl sites for hydroxylation is 1. The number of rotatable bonds is 11. The second kappa shape index (κ2) is 22.9. The molecule has 3 fully saturated rings. The molecule has 5 unspecified atom stereocenters. The molecule has 0 radical (unpaired) electrons. The SMILES string of the molecule is CCn1c(-c2cccnc2C(C)OC)c2c3cc(ccc31)-c1cccc(c1)CC(NC(=O)C(C(C)C)N(C)C(=O)C1CCN(S(=O)(=O)C#CCN3CCOCC3)C1)C(=O)N1CCCC(C1)C(=O)OCC(C)(C)C2. The Kier molecular flexibility index (Phi) is 16.8. The van der Waals surface area contributed by atoms with E-state index in [0.717, 1.165) is 50.1 Å². The molecular weight excluding hydrogens is 947 g/mol. The summed E-state index contributed by atoms with van der Waals surface area (Å²) in [5.74, 6) is -0.352. The van der Waals surface area contributed by atoms with E-state index in [0.29, 0.717) is 65.2 Å². The second-order valence-corrected chi connectivity index (χ2v) is 23.0. The van der Waals surface area contributed by atoms with Gasteiger partial charge in [-0.05, 0) is 92.0 Å². The Morgan fingerprint density at radius 3 is 2.49 bits per heavy atom. The first-order chi connectivity index (χ1) is 34.9. The van der Waals surface area contributed by atoms with Gasteiger partial charge in [0.15, 0.2) is 0 Å². The fourth-order valence-corrected chi connectivity index (χ4v) is 12.2. The van der Waals surface area contributed by atoms with E-state index < -0.39 is 45.3 Å². The molecule has 6 heterocycles. The summed E-state index contributed by atoms with van der Waals surface area (Å²) in [5.41, 5.74) is 7.29. The van der Waals surface area contributed by atoms with Crippen LogP contribution in [0.2, 0.25) is 0 Å². The minimum atomic E-state index is -3.95. The van der Waals surface area contributed by atoms with Crippen LogP contribution in [0, 0.1) is 34.3 Å². The van der Waals surface area contributed by atoms with Crippen molar-refractivity contribution >= 4 is 44.6 Å². The summed E-state index contributed by atoms with van der Waals surface area (Å²) >= 11 is 0. The van der Waals surface area contributed by atoms with E-state index in [1.54, 1.807) is 25.3 Å². The van der Waals surface area contributed by atoms with Gasteiger partial charge in [-0.2, -0.15) is 12.7 Å². The van der Waals surface area contributed by atoms with Gasteiger partial charge in [0.25, 0.3) is 10.0 Å². The number of carbonyl (C=O) groups excluding carboxylic acids is 4. The van der Waals surface area contributed by atoms with Gasteiger partial charge >= 0.3 is 5.97 Å². The summed E-state index contributed by atoms with van der Waals surface area (Å²) in [6.07, 6.45) is 3.70. The molecule has 392 valence electrons. The Morgan fingerprint density at radius 2 is 1.75 bits per heavy atom. The molecule has 1 N–H and O–H groups in total. The number of aromatic nitrogens is 2. The number of hydrogen-bond acceptors (Lipinski definition) is 11. The number of sulfonamides is 1. The number of fused-ring (bicyclic) bond motifs is 6. The van der Waals surface area contributed by atoms with Crippen LogP contribution < -0.4 is 5.32 Å². The van der Waals surface area contributed by atoms with Gasteiger partial charge in [0.05, 0.1) is 55.7 Å². The van der Waals surface area contributed by atoms with E-state index in [1.807, 2.05) is 43.9 Å². The summed E-state index contributed by atoms with van der Waals surface area (Å²) in [5, 5.41) is 6.60. The molecule has 16 nitrogen and oxygen atoms in total. The van der Waals surface area contributed by atoms with Gasteiger partial charge in [0.1, 0.15) is 12.1 Å². The number of likely N-dealkylation sites (N-methyl/N-ethyl adjacent to an activating group) is 1. The summed E-state index contributed by atoms with van der Waals surface area (Å²) in [7, 11) is -0.695. The van der Waals surface area contributed by atoms with Crippen LogP contribution in [-0.4, -0.2) is 153 Å². The molecule has 5 atom stereocenters. The van der Waals surface area contributed by atoms with E-state index >= 15 is 0 Å². The van der Waals surface area contributed by atoms with Gasteiger partial charge < -0.3 is 33.9 Å². The Hall–Kier alpha value is -5.64. The number of nitrogens with zero attached hydrogens (tertiary/aromatic N) is 6. The second-order valence-electron chi connectivity index (χ2n) is 21.3. The van der Waals surface area contributed by atoms with Crippen LogP contribution in [0.1, 0.15) is 83.7 Å². The maximum atomic E-state index is 14.9. The highest BCUT2D eigenvalue weighted by Gasteiger charge is 2.41. The van der Waals surface area contributed by atoms with Crippen molar-refractivity contribution in [2.45, 2.75) is 98.4 Å². The molecule has 4 aromatic rings. The quantitative estimate of drug-likeness (QED) is 0.140. The average molecular weight is 1020 g/mol. The first-order valence-electron chi connectivity index (χ1n) is 25.9. The summed E-state index contributed by atoms with van der Waals surface area (Å²) < 4.78 is 47.5. The number of morpholine rings is 1. The number of pyridine rings is 1. The van der Waals surface area contributed by atoms with Gasteiger partial charge in [-0.3, -0.25) is 29.1 Å². The molecule has 4 aliphatic heterocycles. The number of esters is 1. The minimum Gasteiger partial charge on any atom is -0.465 e. The van der Waals surface area contributed by atoms with E-state index in [1.165, 1.54) is 9.21 Å². The lowest BCUT2D eigenvalue weighted by Gasteiger charge is -2.36. The maximum absolute atomic E-state index is 14.9. The molecule has 2 aromatic carbocycles. The van der Waals surface area contributed by atoms with Gasteiger partial charge in [0, 0.05) is 99.7 Å². The predicted octanol–water partition coefficient (Wildman–Crippen LogP) is 5.92. The van der Waals surface area contributed by atoms with Crippen molar-refractivity contribution in [2.75, 3.05) is 79.8 Å². The minimum absolute atomic E-state index is 0.0450. The highest BCUT2D eigenvalue weighted by atomic mass is 32.2. The topological polar surface area (TPSA) is 173 Å². The standard InChI is InChI=1S/C56H73N7O9S/c1-9-63-48-19-18-41-32-45(48)46(51(63)44-17-11-21-57-49(44)38(4)70-8)33-56(5,6)36-72-55(67)43-16-12-23-61(34-43)54(66)47(31-39-14-10-15-40(41)30-39)58-52(64)50(37(2)3)59(7)53(65)42-20-24-62(35-42)73(68,69)29-13-22-60-25-27-71-28-26-60/h10-11,14-15,17-19,21,30,32,37-38,42-43,47,50H,9,12,16,20,22-28,31,33-36H2,1-8H3,(H,58,64). The molecular formula is C56H73N7O9S. The molecule has 17 heteroatoms. The van der Waals surface area contributed by atoms with Crippen LogP contribution in [0.5, 0.6) is 0 Å². The monoisotopic (exact) mass is 1020 g/mol. The van der Waals surface area contributed by atoms with Crippen LogP contribution in [0.25, 0.3) is 33.3 Å². The van der Waals surface area contributed by atoms with Crippen LogP contribution in [0.4, 0.5) is 0 Å². The lowest BCUT2D eigenvalue weighted by Crippen LogP contribution is -2.58. The van der Waals surface area contributed by atoms with Crippen molar-refractivity contribution in [3.63, 3.8) is 0 Å².